The van der Waals surface area contributed by atoms with Crippen molar-refractivity contribution < 1.29 is 68.3 Å². The molecule has 496 valence electrons. The van der Waals surface area contributed by atoms with Crippen LogP contribution in [0.15, 0.2) is 216 Å². The van der Waals surface area contributed by atoms with Crippen LogP contribution in [0, 0.1) is 0 Å². The normalized spacial score (nSPS) is 10.9. The fourth-order valence-electron chi connectivity index (χ4n) is 10.5. The number of nitrogens with zero attached hydrogens (tertiary/aromatic N) is 4. The number of carbonyl (C=O) groups is 8. The third-order valence-electron chi connectivity index (χ3n) is 15.1. The molecule has 0 atom stereocenters. The number of halogens is 1. The number of ether oxygens (including phenoxy) is 2. The van der Waals surface area contributed by atoms with Gasteiger partial charge < -0.3 is 29.9 Å². The highest BCUT2D eigenvalue weighted by molar-refractivity contribution is 9.11. The molecule has 0 aliphatic carbocycles. The maximum absolute atomic E-state index is 12.7. The largest absolute Gasteiger partial charge is 0.491 e. The second kappa shape index (κ2) is 32.0. The van der Waals surface area contributed by atoms with Gasteiger partial charge in [-0.2, -0.15) is 0 Å². The topological polar surface area (TPSA) is 288 Å². The zero-order chi connectivity index (χ0) is 70.4. The molecule has 13 aromatic rings. The Balaban J connectivity index is 0.000000143. The highest BCUT2D eigenvalue weighted by atomic mass is 79.9. The number of Topliss-reactive ketones (excluding diaryl/α,β-unsaturated/α-hetero) is 4. The average molecular weight is 1420 g/mol. The lowest BCUT2D eigenvalue weighted by Gasteiger charge is -2.11. The van der Waals surface area contributed by atoms with Gasteiger partial charge in [0.05, 0.1) is 47.8 Å². The van der Waals surface area contributed by atoms with Crippen molar-refractivity contribution in [1.29, 1.82) is 0 Å². The lowest BCUT2D eigenvalue weighted by atomic mass is 10.00. The van der Waals surface area contributed by atoms with Crippen LogP contribution in [0.25, 0.3) is 53.7 Å². The summed E-state index contributed by atoms with van der Waals surface area (Å²) in [6.45, 7) is 7.74. The van der Waals surface area contributed by atoms with Gasteiger partial charge in [0.1, 0.15) is 34.3 Å². The summed E-state index contributed by atoms with van der Waals surface area (Å²) in [5.74, 6) is -3.10. The zero-order valence-electron chi connectivity index (χ0n) is 53.5. The number of carbonyl (C=O) groups excluding carboxylic acids is 4. The summed E-state index contributed by atoms with van der Waals surface area (Å²) in [4.78, 5) is 113. The summed E-state index contributed by atoms with van der Waals surface area (Å²) >= 11 is 6.19. The van der Waals surface area contributed by atoms with E-state index in [4.69, 9.17) is 29.9 Å². The number of aromatic nitrogens is 4. The number of fused-ring (bicyclic) bond motifs is 5. The average Bonchev–Trinajstić information content (AvgIpc) is 1.80. The van der Waals surface area contributed by atoms with Crippen LogP contribution in [-0.2, 0) is 25.7 Å². The van der Waals surface area contributed by atoms with Gasteiger partial charge in [-0.3, -0.25) is 19.2 Å². The van der Waals surface area contributed by atoms with Crippen molar-refractivity contribution in [3.8, 4) is 11.5 Å². The molecule has 99 heavy (non-hydrogen) atoms. The van der Waals surface area contributed by atoms with E-state index in [0.717, 1.165) is 52.3 Å². The molecule has 18 nitrogen and oxygen atoms in total. The number of pyridine rings is 4. The fraction of sp³-hybridized carbons (Fsp3) is 0.128. The Kier molecular flexibility index (Phi) is 22.7. The number of aromatic carboxylic acids is 4. The molecule has 0 unspecified atom stereocenters. The Labute approximate surface area is 583 Å². The van der Waals surface area contributed by atoms with E-state index in [1.54, 1.807) is 84.9 Å². The first-order valence-corrected chi connectivity index (χ1v) is 33.3. The van der Waals surface area contributed by atoms with Crippen LogP contribution in [0.2, 0.25) is 0 Å². The molecule has 0 amide bonds. The molecule has 6 heterocycles. The van der Waals surface area contributed by atoms with Crippen molar-refractivity contribution in [3.05, 3.63) is 282 Å². The van der Waals surface area contributed by atoms with Crippen molar-refractivity contribution in [2.24, 2.45) is 0 Å². The second-order valence-electron chi connectivity index (χ2n) is 23.0. The summed E-state index contributed by atoms with van der Waals surface area (Å²) < 4.78 is 13.2. The molecule has 0 saturated heterocycles. The lowest BCUT2D eigenvalue weighted by Crippen LogP contribution is -2.08. The van der Waals surface area contributed by atoms with Gasteiger partial charge in [0, 0.05) is 63.1 Å². The number of thiophene rings is 2. The number of benzene rings is 7. The van der Waals surface area contributed by atoms with Crippen LogP contribution in [0.5, 0.6) is 11.5 Å². The second-order valence-corrected chi connectivity index (χ2v) is 26.5. The van der Waals surface area contributed by atoms with E-state index < -0.39 is 23.9 Å². The van der Waals surface area contributed by atoms with Gasteiger partial charge in [-0.05, 0) is 156 Å². The van der Waals surface area contributed by atoms with Crippen molar-refractivity contribution in [2.45, 2.75) is 65.6 Å². The standard InChI is InChI=1S/2C21H19NO4.C20H13NO3S.C16H10BrNO3S/c1-13(2)26-17-8-4-6-15(11-17)19(23)12-16-7-3-5-14-9-10-18(21(24)25)22-20(14)16;1-13(2)26-17-9-6-14(7-10-17)19(23)12-16-5-3-4-15-8-11-18(21(24)25)22-20(15)16;22-16(18-11-13-4-1-2-7-17(13)25-18)10-14-6-3-5-12-8-9-15(20(23)24)21-19(12)14;17-14-7-6-13(22-14)12(19)8-10-3-1-2-9-4-5-11(16(20)21)18-15(9)10/h2*3-11,13H,12H2,1-2H3,(H,24,25);1-9,11H,10H2,(H,23,24);1-7H,8H2,(H,20,21). The minimum absolute atomic E-state index is 0.00859. The minimum atomic E-state index is -1.09. The predicted octanol–water partition coefficient (Wildman–Crippen LogP) is 17.0. The summed E-state index contributed by atoms with van der Waals surface area (Å²) in [7, 11) is 0. The Morgan fingerprint density at radius 2 is 0.727 bits per heavy atom. The molecule has 0 spiro atoms. The highest BCUT2D eigenvalue weighted by Gasteiger charge is 2.19. The lowest BCUT2D eigenvalue weighted by molar-refractivity contribution is 0.0680. The van der Waals surface area contributed by atoms with E-state index in [2.05, 4.69) is 35.9 Å². The van der Waals surface area contributed by atoms with Crippen LogP contribution >= 0.6 is 38.6 Å². The zero-order valence-corrected chi connectivity index (χ0v) is 56.8. The third-order valence-corrected chi connectivity index (χ3v) is 17.9. The molecule has 4 N–H and O–H groups in total. The van der Waals surface area contributed by atoms with E-state index in [1.165, 1.54) is 46.9 Å². The minimum Gasteiger partial charge on any atom is -0.491 e. The van der Waals surface area contributed by atoms with E-state index in [-0.39, 0.29) is 83.8 Å². The smallest absolute Gasteiger partial charge is 0.354 e. The number of hydrogen-bond donors (Lipinski definition) is 4. The Bertz CT molecular complexity index is 5230. The number of ketones is 4. The predicted molar refractivity (Wildman–Crippen MR) is 385 cm³/mol. The molecule has 13 rings (SSSR count). The molecular formula is C78H61BrN4O14S2. The van der Waals surface area contributed by atoms with Gasteiger partial charge in [0.25, 0.3) is 0 Å². The van der Waals surface area contributed by atoms with Gasteiger partial charge in [-0.25, -0.2) is 39.1 Å². The van der Waals surface area contributed by atoms with Crippen LogP contribution < -0.4 is 9.47 Å². The van der Waals surface area contributed by atoms with E-state index in [0.29, 0.717) is 59.8 Å². The van der Waals surface area contributed by atoms with Gasteiger partial charge in [0.2, 0.25) is 0 Å². The third kappa shape index (κ3) is 18.1. The quantitative estimate of drug-likeness (QED) is 0.0516. The molecule has 0 fully saturated rings. The van der Waals surface area contributed by atoms with Crippen molar-refractivity contribution in [1.82, 2.24) is 19.9 Å². The SMILES string of the molecule is CC(C)Oc1ccc(C(=O)Cc2cccc3ccc(C(=O)O)nc23)cc1.CC(C)Oc1cccc(C(=O)Cc2cccc3ccc(C(=O)O)nc23)c1.O=C(O)c1ccc2cccc(CC(=O)c3cc4ccccc4s3)c2n1.O=C(O)c1ccc2cccc(CC(=O)c3ccc(Br)s3)c2n1. The first-order valence-electron chi connectivity index (χ1n) is 30.9. The molecule has 0 aliphatic heterocycles. The molecule has 0 aliphatic rings. The summed E-state index contributed by atoms with van der Waals surface area (Å²) in [6, 6.07) is 62.2. The maximum Gasteiger partial charge on any atom is 0.354 e. The molecule has 0 saturated carbocycles. The molecule has 6 aromatic heterocycles. The summed E-state index contributed by atoms with van der Waals surface area (Å²) in [5, 5.41) is 40.8. The molecule has 7 aromatic carbocycles. The molecular weight excluding hydrogens is 1360 g/mol. The van der Waals surface area contributed by atoms with Gasteiger partial charge in [-0.1, -0.05) is 127 Å². The van der Waals surface area contributed by atoms with Crippen LogP contribution in [0.3, 0.4) is 0 Å². The van der Waals surface area contributed by atoms with E-state index in [9.17, 15) is 38.4 Å². The fourth-order valence-corrected chi connectivity index (χ4v) is 12.9. The van der Waals surface area contributed by atoms with Crippen LogP contribution in [0.4, 0.5) is 0 Å². The molecule has 0 bridgehead atoms. The van der Waals surface area contributed by atoms with Crippen LogP contribution in [-0.4, -0.2) is 99.6 Å². The van der Waals surface area contributed by atoms with E-state index >= 15 is 0 Å². The number of hydrogen-bond acceptors (Lipinski definition) is 16. The molecule has 0 radical (unpaired) electrons. The van der Waals surface area contributed by atoms with Gasteiger partial charge in [0.15, 0.2) is 23.1 Å². The Morgan fingerprint density at radius 1 is 0.354 bits per heavy atom. The van der Waals surface area contributed by atoms with Crippen molar-refractivity contribution in [2.75, 3.05) is 0 Å². The van der Waals surface area contributed by atoms with Gasteiger partial charge >= 0.3 is 23.9 Å². The maximum atomic E-state index is 12.7. The summed E-state index contributed by atoms with van der Waals surface area (Å²) in [5.41, 5.74) is 6.10. The first kappa shape index (κ1) is 70.3. The summed E-state index contributed by atoms with van der Waals surface area (Å²) in [6.07, 6.45) is 0.774. The monoisotopic (exact) mass is 1420 g/mol. The Morgan fingerprint density at radius 3 is 1.12 bits per heavy atom. The molecule has 21 heteroatoms. The highest BCUT2D eigenvalue weighted by Crippen LogP contribution is 2.30. The van der Waals surface area contributed by atoms with Gasteiger partial charge in [-0.15, -0.1) is 22.7 Å². The number of para-hydroxylation sites is 4. The first-order chi connectivity index (χ1) is 47.5. The van der Waals surface area contributed by atoms with Crippen molar-refractivity contribution in [3.63, 3.8) is 0 Å². The number of carboxylic acid groups (broad SMARTS) is 4. The Hall–Kier alpha value is -11.5. The van der Waals surface area contributed by atoms with Crippen molar-refractivity contribution >= 4 is 139 Å². The van der Waals surface area contributed by atoms with E-state index in [1.807, 2.05) is 131 Å². The van der Waals surface area contributed by atoms with Crippen LogP contribution in [0.1, 0.15) is 132 Å². The number of rotatable bonds is 20. The number of carboxylic acids is 4.